The number of ether oxygens (including phenoxy) is 1. The zero-order chi connectivity index (χ0) is 19.2. The van der Waals surface area contributed by atoms with E-state index >= 15 is 0 Å². The minimum Gasteiger partial charge on any atom is -0.492 e. The molecule has 2 aromatic carbocycles. The molecular weight excluding hydrogens is 386 g/mol. The van der Waals surface area contributed by atoms with Crippen LogP contribution in [0.2, 0.25) is 0 Å². The van der Waals surface area contributed by atoms with Gasteiger partial charge in [0.15, 0.2) is 5.58 Å². The summed E-state index contributed by atoms with van der Waals surface area (Å²) >= 11 is 0. The summed E-state index contributed by atoms with van der Waals surface area (Å²) in [6.07, 6.45) is 5.70. The molecule has 0 bridgehead atoms. The molecule has 0 amide bonds. The summed E-state index contributed by atoms with van der Waals surface area (Å²) in [5.41, 5.74) is 2.55. The number of benzene rings is 2. The van der Waals surface area contributed by atoms with Crippen molar-refractivity contribution in [3.05, 3.63) is 59.8 Å². The van der Waals surface area contributed by atoms with E-state index in [9.17, 15) is 5.26 Å². The number of halogens is 1. The maximum absolute atomic E-state index is 9.71. The van der Waals surface area contributed by atoms with Gasteiger partial charge in [0, 0.05) is 12.1 Å². The molecule has 1 aromatic heterocycles. The summed E-state index contributed by atoms with van der Waals surface area (Å²) in [6.45, 7) is 3.88. The lowest BCUT2D eigenvalue weighted by Gasteiger charge is -2.26. The number of aromatic nitrogens is 1. The summed E-state index contributed by atoms with van der Waals surface area (Å²) in [6, 6.07) is 17.6. The Kier molecular flexibility index (Phi) is 7.29. The van der Waals surface area contributed by atoms with Crippen molar-refractivity contribution in [3.63, 3.8) is 0 Å². The molecule has 1 fully saturated rings. The Morgan fingerprint density at radius 2 is 1.86 bits per heavy atom. The van der Waals surface area contributed by atoms with E-state index in [0.29, 0.717) is 23.5 Å². The van der Waals surface area contributed by atoms with E-state index in [0.717, 1.165) is 36.3 Å². The van der Waals surface area contributed by atoms with Gasteiger partial charge in [-0.25, -0.2) is 0 Å². The second-order valence-corrected chi connectivity index (χ2v) is 6.99. The average molecular weight is 410 g/mol. The van der Waals surface area contributed by atoms with Gasteiger partial charge in [-0.1, -0.05) is 41.9 Å². The quantitative estimate of drug-likeness (QED) is 0.525. The second kappa shape index (κ2) is 10.1. The van der Waals surface area contributed by atoms with Gasteiger partial charge in [0.2, 0.25) is 0 Å². The lowest BCUT2D eigenvalue weighted by molar-refractivity contribution is 0.183. The first kappa shape index (κ1) is 20.9. The first-order valence-electron chi connectivity index (χ1n) is 9.76. The highest BCUT2D eigenvalue weighted by Gasteiger charge is 2.14. The number of likely N-dealkylation sites (tertiary alicyclic amines) is 1. The SMILES string of the molecule is Cl.N#C/C(=C/c1ccccc1OCCN1CCCCC1)c1noc2ccccc12. The molecule has 2 heterocycles. The van der Waals surface area contributed by atoms with Crippen LogP contribution >= 0.6 is 12.4 Å². The van der Waals surface area contributed by atoms with Crippen molar-refractivity contribution >= 4 is 35.0 Å². The third-order valence-corrected chi connectivity index (χ3v) is 5.09. The fraction of sp³-hybridized carbons (Fsp3) is 0.304. The van der Waals surface area contributed by atoms with Gasteiger partial charge in [-0.05, 0) is 50.2 Å². The van der Waals surface area contributed by atoms with Crippen LogP contribution in [-0.4, -0.2) is 36.3 Å². The summed E-state index contributed by atoms with van der Waals surface area (Å²) in [5.74, 6) is 0.778. The molecule has 150 valence electrons. The zero-order valence-corrected chi connectivity index (χ0v) is 17.0. The Morgan fingerprint density at radius 1 is 1.10 bits per heavy atom. The van der Waals surface area contributed by atoms with Gasteiger partial charge in [0.1, 0.15) is 24.1 Å². The first-order valence-corrected chi connectivity index (χ1v) is 9.76. The average Bonchev–Trinajstić information content (AvgIpc) is 3.18. The number of para-hydroxylation sites is 2. The van der Waals surface area contributed by atoms with Crippen molar-refractivity contribution in [1.29, 1.82) is 5.26 Å². The summed E-state index contributed by atoms with van der Waals surface area (Å²) in [5, 5.41) is 14.6. The number of nitrogens with zero attached hydrogens (tertiary/aromatic N) is 3. The third-order valence-electron chi connectivity index (χ3n) is 5.09. The van der Waals surface area contributed by atoms with Crippen molar-refractivity contribution < 1.29 is 9.26 Å². The van der Waals surface area contributed by atoms with Gasteiger partial charge < -0.3 is 9.26 Å². The van der Waals surface area contributed by atoms with E-state index in [1.807, 2.05) is 54.6 Å². The molecule has 0 unspecified atom stereocenters. The molecule has 0 radical (unpaired) electrons. The van der Waals surface area contributed by atoms with E-state index in [1.165, 1.54) is 19.3 Å². The van der Waals surface area contributed by atoms with Crippen LogP contribution in [0.25, 0.3) is 22.6 Å². The number of fused-ring (bicyclic) bond motifs is 1. The molecule has 0 aliphatic carbocycles. The van der Waals surface area contributed by atoms with Crippen LogP contribution in [0, 0.1) is 11.3 Å². The van der Waals surface area contributed by atoms with Gasteiger partial charge >= 0.3 is 0 Å². The Morgan fingerprint density at radius 3 is 2.69 bits per heavy atom. The molecule has 0 atom stereocenters. The molecule has 4 rings (SSSR count). The highest BCUT2D eigenvalue weighted by Crippen LogP contribution is 2.28. The van der Waals surface area contributed by atoms with Crippen LogP contribution in [0.15, 0.2) is 53.1 Å². The van der Waals surface area contributed by atoms with Crippen molar-refractivity contribution in [2.24, 2.45) is 0 Å². The van der Waals surface area contributed by atoms with E-state index in [1.54, 1.807) is 0 Å². The van der Waals surface area contributed by atoms with Crippen LogP contribution in [0.3, 0.4) is 0 Å². The number of rotatable bonds is 6. The molecular formula is C23H24ClN3O2. The van der Waals surface area contributed by atoms with Gasteiger partial charge in [0.25, 0.3) is 0 Å². The maximum atomic E-state index is 9.71. The van der Waals surface area contributed by atoms with Gasteiger partial charge in [-0.3, -0.25) is 4.90 Å². The normalized spacial score (nSPS) is 14.9. The van der Waals surface area contributed by atoms with Crippen molar-refractivity contribution in [2.45, 2.75) is 19.3 Å². The number of nitriles is 1. The Labute approximate surface area is 177 Å². The predicted molar refractivity (Wildman–Crippen MR) is 117 cm³/mol. The molecule has 0 spiro atoms. The molecule has 5 nitrogen and oxygen atoms in total. The van der Waals surface area contributed by atoms with Crippen LogP contribution in [-0.2, 0) is 0 Å². The second-order valence-electron chi connectivity index (χ2n) is 6.99. The van der Waals surface area contributed by atoms with Gasteiger partial charge in [-0.2, -0.15) is 5.26 Å². The van der Waals surface area contributed by atoms with Crippen LogP contribution in [0.1, 0.15) is 30.5 Å². The minimum absolute atomic E-state index is 0. The third kappa shape index (κ3) is 4.97. The fourth-order valence-corrected chi connectivity index (χ4v) is 3.59. The molecule has 1 saturated heterocycles. The fourth-order valence-electron chi connectivity index (χ4n) is 3.59. The molecule has 29 heavy (non-hydrogen) atoms. The lowest BCUT2D eigenvalue weighted by atomic mass is 10.1. The van der Waals surface area contributed by atoms with E-state index < -0.39 is 0 Å². The predicted octanol–water partition coefficient (Wildman–Crippen LogP) is 5.18. The topological polar surface area (TPSA) is 62.3 Å². The monoisotopic (exact) mass is 409 g/mol. The Bertz CT molecular complexity index is 1020. The highest BCUT2D eigenvalue weighted by molar-refractivity contribution is 5.99. The smallest absolute Gasteiger partial charge is 0.167 e. The van der Waals surface area contributed by atoms with Gasteiger partial charge in [-0.15, -0.1) is 12.4 Å². The Hall–Kier alpha value is -2.81. The number of allylic oxidation sites excluding steroid dienone is 1. The van der Waals surface area contributed by atoms with E-state index in [2.05, 4.69) is 16.1 Å². The van der Waals surface area contributed by atoms with Crippen molar-refractivity contribution in [3.8, 4) is 11.8 Å². The standard InChI is InChI=1S/C23H23N3O2.ClH/c24-17-19(23-20-9-3-5-11-22(20)28-25-23)16-18-8-2-4-10-21(18)27-15-14-26-12-6-1-7-13-26;/h2-5,8-11,16H,1,6-7,12-15H2;1H/b19-16-;. The zero-order valence-electron chi connectivity index (χ0n) is 16.2. The molecule has 3 aromatic rings. The van der Waals surface area contributed by atoms with Crippen LogP contribution < -0.4 is 4.74 Å². The molecule has 6 heteroatoms. The lowest BCUT2D eigenvalue weighted by Crippen LogP contribution is -2.33. The number of hydrogen-bond donors (Lipinski definition) is 0. The summed E-state index contributed by atoms with van der Waals surface area (Å²) < 4.78 is 11.4. The maximum Gasteiger partial charge on any atom is 0.167 e. The van der Waals surface area contributed by atoms with Crippen LogP contribution in [0.5, 0.6) is 5.75 Å². The first-order chi connectivity index (χ1) is 13.8. The number of hydrogen-bond acceptors (Lipinski definition) is 5. The van der Waals surface area contributed by atoms with E-state index in [-0.39, 0.29) is 12.4 Å². The minimum atomic E-state index is 0. The molecule has 1 aliphatic rings. The van der Waals surface area contributed by atoms with Crippen molar-refractivity contribution in [2.75, 3.05) is 26.2 Å². The molecule has 0 N–H and O–H groups in total. The molecule has 1 aliphatic heterocycles. The van der Waals surface area contributed by atoms with Gasteiger partial charge in [0.05, 0.1) is 11.0 Å². The van der Waals surface area contributed by atoms with Crippen LogP contribution in [0.4, 0.5) is 0 Å². The summed E-state index contributed by atoms with van der Waals surface area (Å²) in [4.78, 5) is 2.45. The van der Waals surface area contributed by atoms with Crippen molar-refractivity contribution in [1.82, 2.24) is 10.1 Å². The highest BCUT2D eigenvalue weighted by atomic mass is 35.5. The van der Waals surface area contributed by atoms with E-state index in [4.69, 9.17) is 9.26 Å². The largest absolute Gasteiger partial charge is 0.492 e. The molecule has 0 saturated carbocycles. The Balaban J connectivity index is 0.00000240. The number of piperidine rings is 1. The summed E-state index contributed by atoms with van der Waals surface area (Å²) in [7, 11) is 0.